The topological polar surface area (TPSA) is 80.5 Å². The summed E-state index contributed by atoms with van der Waals surface area (Å²) < 4.78 is 52.8. The molecule has 1 aliphatic heterocycles. The molecule has 0 aromatic heterocycles. The molecule has 2 rings (SSSR count). The van der Waals surface area contributed by atoms with Crippen LogP contribution in [0.5, 0.6) is 0 Å². The minimum absolute atomic E-state index is 0.0117. The minimum atomic E-state index is -4.34. The Hall–Kier alpha value is -1.25. The number of sulfonamides is 1. The second kappa shape index (κ2) is 5.51. The molecule has 0 bridgehead atoms. The molecule has 21 heavy (non-hydrogen) atoms. The van der Waals surface area contributed by atoms with Crippen LogP contribution in [0.3, 0.4) is 0 Å². The normalized spacial score (nSPS) is 23.4. The van der Waals surface area contributed by atoms with E-state index >= 15 is 0 Å². The number of nitrogens with two attached hydrogens (primary N) is 1. The fourth-order valence-corrected chi connectivity index (χ4v) is 4.49. The van der Waals surface area contributed by atoms with E-state index in [1.165, 1.54) is 0 Å². The average molecular weight is 339 g/mol. The standard InChI is InChI=1S/C12H13ClF2N2O3S/c1-6-4-17(5-7(6)12(16)18)21(19,20)11-8(13)2-3-9(14)10(11)15/h2-3,6-7H,4-5H2,1H3,(H2,16,18)/t6-,7-/m1/s1. The van der Waals surface area contributed by atoms with E-state index in [2.05, 4.69) is 0 Å². The van der Waals surface area contributed by atoms with Gasteiger partial charge >= 0.3 is 0 Å². The van der Waals surface area contributed by atoms with Crippen LogP contribution in [-0.2, 0) is 14.8 Å². The quantitative estimate of drug-likeness (QED) is 0.845. The largest absolute Gasteiger partial charge is 0.369 e. The van der Waals surface area contributed by atoms with Gasteiger partial charge in [0, 0.05) is 13.1 Å². The summed E-state index contributed by atoms with van der Waals surface area (Å²) in [6.07, 6.45) is 0. The highest BCUT2D eigenvalue weighted by Gasteiger charge is 2.41. The molecule has 0 saturated carbocycles. The first-order valence-electron chi connectivity index (χ1n) is 6.09. The van der Waals surface area contributed by atoms with Crippen molar-refractivity contribution in [1.82, 2.24) is 4.31 Å². The number of carbonyl (C=O) groups is 1. The molecule has 1 heterocycles. The lowest BCUT2D eigenvalue weighted by atomic mass is 9.98. The molecule has 5 nitrogen and oxygen atoms in total. The predicted molar refractivity (Wildman–Crippen MR) is 72.0 cm³/mol. The maximum absolute atomic E-state index is 13.8. The summed E-state index contributed by atoms with van der Waals surface area (Å²) in [5.41, 5.74) is 5.20. The zero-order valence-corrected chi connectivity index (χ0v) is 12.6. The molecular formula is C12H13ClF2N2O3S. The van der Waals surface area contributed by atoms with Crippen LogP contribution in [0, 0.1) is 23.5 Å². The van der Waals surface area contributed by atoms with Gasteiger partial charge in [-0.2, -0.15) is 4.31 Å². The maximum atomic E-state index is 13.8. The number of benzene rings is 1. The number of carbonyl (C=O) groups excluding carboxylic acids is 1. The molecule has 2 atom stereocenters. The number of nitrogens with zero attached hydrogens (tertiary/aromatic N) is 1. The van der Waals surface area contributed by atoms with Crippen molar-refractivity contribution < 1.29 is 22.0 Å². The number of amides is 1. The molecule has 1 fully saturated rings. The van der Waals surface area contributed by atoms with Crippen LogP contribution >= 0.6 is 11.6 Å². The van der Waals surface area contributed by atoms with Crippen molar-refractivity contribution in [3.63, 3.8) is 0 Å². The van der Waals surface area contributed by atoms with E-state index in [4.69, 9.17) is 17.3 Å². The predicted octanol–water partition coefficient (Wildman–Crippen LogP) is 1.36. The molecule has 2 N–H and O–H groups in total. The molecule has 0 aliphatic carbocycles. The highest BCUT2D eigenvalue weighted by molar-refractivity contribution is 7.89. The van der Waals surface area contributed by atoms with Gasteiger partial charge in [-0.25, -0.2) is 17.2 Å². The molecule has 0 radical (unpaired) electrons. The van der Waals surface area contributed by atoms with Crippen molar-refractivity contribution in [3.8, 4) is 0 Å². The van der Waals surface area contributed by atoms with Crippen LogP contribution in [0.15, 0.2) is 17.0 Å². The van der Waals surface area contributed by atoms with Crippen molar-refractivity contribution >= 4 is 27.5 Å². The zero-order chi connectivity index (χ0) is 15.9. The lowest BCUT2D eigenvalue weighted by Gasteiger charge is -2.17. The van der Waals surface area contributed by atoms with E-state index in [9.17, 15) is 22.0 Å². The third-order valence-corrected chi connectivity index (χ3v) is 5.86. The van der Waals surface area contributed by atoms with Crippen LogP contribution in [-0.4, -0.2) is 31.7 Å². The van der Waals surface area contributed by atoms with Gasteiger partial charge < -0.3 is 5.73 Å². The van der Waals surface area contributed by atoms with Gasteiger partial charge in [-0.05, 0) is 18.1 Å². The lowest BCUT2D eigenvalue weighted by Crippen LogP contribution is -2.32. The number of primary amides is 1. The fraction of sp³-hybridized carbons (Fsp3) is 0.417. The molecule has 116 valence electrons. The average Bonchev–Trinajstić information content (AvgIpc) is 2.77. The summed E-state index contributed by atoms with van der Waals surface area (Å²) in [4.78, 5) is 10.3. The monoisotopic (exact) mass is 338 g/mol. The van der Waals surface area contributed by atoms with Crippen molar-refractivity contribution in [2.45, 2.75) is 11.8 Å². The summed E-state index contributed by atoms with van der Waals surface area (Å²) in [6.45, 7) is 1.47. The van der Waals surface area contributed by atoms with Crippen LogP contribution in [0.2, 0.25) is 5.02 Å². The molecule has 1 saturated heterocycles. The van der Waals surface area contributed by atoms with Gasteiger partial charge in [-0.3, -0.25) is 4.79 Å². The number of hydrogen-bond acceptors (Lipinski definition) is 3. The third-order valence-electron chi connectivity index (χ3n) is 3.54. The first-order valence-corrected chi connectivity index (χ1v) is 7.91. The zero-order valence-electron chi connectivity index (χ0n) is 11.0. The molecule has 0 spiro atoms. The van der Waals surface area contributed by atoms with Crippen LogP contribution < -0.4 is 5.73 Å². The van der Waals surface area contributed by atoms with Crippen LogP contribution in [0.4, 0.5) is 8.78 Å². The molecule has 1 aromatic carbocycles. The van der Waals surface area contributed by atoms with Crippen molar-refractivity contribution in [3.05, 3.63) is 28.8 Å². The molecule has 0 unspecified atom stereocenters. The Balaban J connectivity index is 2.46. The van der Waals surface area contributed by atoms with Gasteiger partial charge in [0.25, 0.3) is 0 Å². The summed E-state index contributed by atoms with van der Waals surface area (Å²) in [7, 11) is -4.34. The van der Waals surface area contributed by atoms with Gasteiger partial charge in [0.1, 0.15) is 4.90 Å². The molecular weight excluding hydrogens is 326 g/mol. The molecule has 1 amide bonds. The molecule has 1 aliphatic rings. The number of hydrogen-bond donors (Lipinski definition) is 1. The molecule has 1 aromatic rings. The van der Waals surface area contributed by atoms with Crippen molar-refractivity contribution in [2.24, 2.45) is 17.6 Å². The van der Waals surface area contributed by atoms with E-state index in [-0.39, 0.29) is 19.0 Å². The van der Waals surface area contributed by atoms with Gasteiger partial charge in [-0.15, -0.1) is 0 Å². The van der Waals surface area contributed by atoms with Gasteiger partial charge in [0.2, 0.25) is 15.9 Å². The van der Waals surface area contributed by atoms with E-state index in [0.717, 1.165) is 16.4 Å². The fourth-order valence-electron chi connectivity index (χ4n) is 2.36. The Labute approximate surface area is 125 Å². The lowest BCUT2D eigenvalue weighted by molar-refractivity contribution is -0.122. The van der Waals surface area contributed by atoms with E-state index in [0.29, 0.717) is 0 Å². The summed E-state index contributed by atoms with van der Waals surface area (Å²) in [5.74, 6) is -4.46. The van der Waals surface area contributed by atoms with Gasteiger partial charge in [0.15, 0.2) is 11.6 Å². The summed E-state index contributed by atoms with van der Waals surface area (Å²) in [6, 6.07) is 1.72. The third kappa shape index (κ3) is 2.75. The van der Waals surface area contributed by atoms with Crippen LogP contribution in [0.1, 0.15) is 6.92 Å². The van der Waals surface area contributed by atoms with E-state index < -0.39 is 43.4 Å². The van der Waals surface area contributed by atoms with E-state index in [1.807, 2.05) is 0 Å². The van der Waals surface area contributed by atoms with Crippen LogP contribution in [0.25, 0.3) is 0 Å². The second-order valence-corrected chi connectivity index (χ2v) is 7.26. The second-order valence-electron chi connectivity index (χ2n) is 4.98. The van der Waals surface area contributed by atoms with Gasteiger partial charge in [-0.1, -0.05) is 18.5 Å². The van der Waals surface area contributed by atoms with Crippen molar-refractivity contribution in [1.29, 1.82) is 0 Å². The highest BCUT2D eigenvalue weighted by Crippen LogP contribution is 2.33. The Morgan fingerprint density at radius 3 is 2.52 bits per heavy atom. The minimum Gasteiger partial charge on any atom is -0.369 e. The first-order chi connectivity index (χ1) is 9.66. The summed E-state index contributed by atoms with van der Waals surface area (Å²) in [5, 5.41) is -0.413. The van der Waals surface area contributed by atoms with E-state index in [1.54, 1.807) is 6.92 Å². The Morgan fingerprint density at radius 2 is 2.00 bits per heavy atom. The number of rotatable bonds is 3. The highest BCUT2D eigenvalue weighted by atomic mass is 35.5. The number of halogens is 3. The SMILES string of the molecule is C[C@@H]1CN(S(=O)(=O)c2c(Cl)ccc(F)c2F)C[C@H]1C(N)=O. The Morgan fingerprint density at radius 1 is 1.38 bits per heavy atom. The first kappa shape index (κ1) is 16.1. The smallest absolute Gasteiger partial charge is 0.247 e. The molecule has 9 heteroatoms. The Bertz CT molecular complexity index is 696. The Kier molecular flexibility index (Phi) is 4.23. The summed E-state index contributed by atoms with van der Waals surface area (Å²) >= 11 is 5.70. The van der Waals surface area contributed by atoms with Gasteiger partial charge in [0.05, 0.1) is 10.9 Å². The van der Waals surface area contributed by atoms with Crippen molar-refractivity contribution in [2.75, 3.05) is 13.1 Å². The maximum Gasteiger partial charge on any atom is 0.247 e.